The molecule has 0 aliphatic heterocycles. The van der Waals surface area contributed by atoms with Gasteiger partial charge in [0.15, 0.2) is 6.10 Å². The van der Waals surface area contributed by atoms with Crippen LogP contribution >= 0.6 is 0 Å². The van der Waals surface area contributed by atoms with Crippen LogP contribution in [0.25, 0.3) is 11.3 Å². The maximum absolute atomic E-state index is 12.2. The van der Waals surface area contributed by atoms with E-state index in [1.54, 1.807) is 31.2 Å². The molecule has 0 spiro atoms. The molecule has 0 fully saturated rings. The number of carbonyl (C=O) groups excluding carboxylic acids is 1. The second kappa shape index (κ2) is 9.04. The summed E-state index contributed by atoms with van der Waals surface area (Å²) in [5, 5.41) is 14.9. The number of nitrogens with zero attached hydrogens (tertiary/aromatic N) is 2. The van der Waals surface area contributed by atoms with Crippen LogP contribution in [-0.4, -0.2) is 23.1 Å². The number of rotatable bonds is 7. The highest BCUT2D eigenvalue weighted by atomic mass is 16.6. The summed E-state index contributed by atoms with van der Waals surface area (Å²) in [6, 6.07) is 15.3. The molecule has 0 aliphatic rings. The van der Waals surface area contributed by atoms with E-state index in [1.807, 2.05) is 32.0 Å². The normalized spacial score (nSPS) is 12.0. The van der Waals surface area contributed by atoms with Gasteiger partial charge in [-0.25, -0.2) is 5.43 Å². The maximum Gasteiger partial charge on any atom is 0.280 e. The lowest BCUT2D eigenvalue weighted by molar-refractivity contribution is -0.384. The minimum absolute atomic E-state index is 0.0166. The van der Waals surface area contributed by atoms with Crippen LogP contribution in [0.1, 0.15) is 23.8 Å². The average Bonchev–Trinajstić information content (AvgIpc) is 3.18. The molecule has 0 aliphatic carbocycles. The molecule has 1 atom stereocenters. The molecule has 1 amide bonds. The van der Waals surface area contributed by atoms with Gasteiger partial charge in [0, 0.05) is 17.7 Å². The number of benzene rings is 2. The molecule has 0 saturated carbocycles. The summed E-state index contributed by atoms with van der Waals surface area (Å²) in [6.45, 7) is 5.37. The van der Waals surface area contributed by atoms with Gasteiger partial charge in [-0.05, 0) is 50.1 Å². The number of amides is 1. The molecule has 3 rings (SSSR count). The predicted octanol–water partition coefficient (Wildman–Crippen LogP) is 4.39. The van der Waals surface area contributed by atoms with E-state index >= 15 is 0 Å². The smallest absolute Gasteiger partial charge is 0.280 e. The molecule has 8 nitrogen and oxygen atoms in total. The van der Waals surface area contributed by atoms with Gasteiger partial charge in [0.1, 0.15) is 17.3 Å². The molecule has 1 heterocycles. The minimum Gasteiger partial charge on any atom is -0.481 e. The lowest BCUT2D eigenvalue weighted by atomic mass is 10.1. The Morgan fingerprint density at radius 3 is 2.67 bits per heavy atom. The summed E-state index contributed by atoms with van der Waals surface area (Å²) in [5.41, 5.74) is 4.79. The van der Waals surface area contributed by atoms with Crippen molar-refractivity contribution in [2.75, 3.05) is 0 Å². The number of nitro benzene ring substituents is 1. The Labute approximate surface area is 173 Å². The first-order valence-electron chi connectivity index (χ1n) is 9.25. The van der Waals surface area contributed by atoms with E-state index in [-0.39, 0.29) is 5.69 Å². The number of ether oxygens (including phenoxy) is 1. The Morgan fingerprint density at radius 1 is 1.17 bits per heavy atom. The molecule has 154 valence electrons. The zero-order chi connectivity index (χ0) is 21.7. The highest BCUT2D eigenvalue weighted by Crippen LogP contribution is 2.28. The summed E-state index contributed by atoms with van der Waals surface area (Å²) in [6.07, 6.45) is 0.622. The van der Waals surface area contributed by atoms with Crippen LogP contribution in [0.15, 0.2) is 64.1 Å². The van der Waals surface area contributed by atoms with Crippen LogP contribution in [-0.2, 0) is 4.79 Å². The first-order chi connectivity index (χ1) is 14.3. The number of hydrazone groups is 1. The third kappa shape index (κ3) is 4.91. The van der Waals surface area contributed by atoms with Crippen molar-refractivity contribution >= 4 is 17.8 Å². The fourth-order valence-corrected chi connectivity index (χ4v) is 2.74. The van der Waals surface area contributed by atoms with Gasteiger partial charge in [-0.1, -0.05) is 24.3 Å². The van der Waals surface area contributed by atoms with E-state index in [9.17, 15) is 14.9 Å². The number of non-ortho nitro benzene ring substituents is 1. The third-order valence-corrected chi connectivity index (χ3v) is 4.46. The molecule has 0 bridgehead atoms. The average molecular weight is 407 g/mol. The molecule has 1 aromatic heterocycles. The van der Waals surface area contributed by atoms with Gasteiger partial charge in [-0.15, -0.1) is 0 Å². The lowest BCUT2D eigenvalue weighted by Gasteiger charge is -2.14. The van der Waals surface area contributed by atoms with Crippen molar-refractivity contribution in [1.82, 2.24) is 5.43 Å². The van der Waals surface area contributed by atoms with Gasteiger partial charge in [-0.2, -0.15) is 5.10 Å². The molecule has 3 aromatic rings. The highest BCUT2D eigenvalue weighted by Gasteiger charge is 2.15. The van der Waals surface area contributed by atoms with Gasteiger partial charge >= 0.3 is 0 Å². The molecule has 0 saturated heterocycles. The maximum atomic E-state index is 12.2. The summed E-state index contributed by atoms with van der Waals surface area (Å²) >= 11 is 0. The molecular weight excluding hydrogens is 386 g/mol. The molecule has 0 radical (unpaired) electrons. The van der Waals surface area contributed by atoms with E-state index in [2.05, 4.69) is 10.5 Å². The Morgan fingerprint density at radius 2 is 1.93 bits per heavy atom. The summed E-state index contributed by atoms with van der Waals surface area (Å²) in [4.78, 5) is 22.7. The van der Waals surface area contributed by atoms with Crippen molar-refractivity contribution in [2.45, 2.75) is 26.9 Å². The molecule has 30 heavy (non-hydrogen) atoms. The van der Waals surface area contributed by atoms with E-state index in [0.29, 0.717) is 22.8 Å². The van der Waals surface area contributed by atoms with E-state index in [0.717, 1.165) is 11.1 Å². The largest absolute Gasteiger partial charge is 0.481 e. The van der Waals surface area contributed by atoms with Crippen molar-refractivity contribution in [2.24, 2.45) is 5.10 Å². The molecule has 8 heteroatoms. The quantitative estimate of drug-likeness (QED) is 0.355. The van der Waals surface area contributed by atoms with Gasteiger partial charge in [0.2, 0.25) is 0 Å². The van der Waals surface area contributed by atoms with Crippen LogP contribution in [0.3, 0.4) is 0 Å². The first kappa shape index (κ1) is 20.8. The van der Waals surface area contributed by atoms with Crippen LogP contribution in [0.4, 0.5) is 5.69 Å². The Kier molecular flexibility index (Phi) is 6.26. The summed E-state index contributed by atoms with van der Waals surface area (Å²) < 4.78 is 11.3. The number of para-hydroxylation sites is 1. The van der Waals surface area contributed by atoms with E-state index in [4.69, 9.17) is 9.15 Å². The fourth-order valence-electron chi connectivity index (χ4n) is 2.74. The Bertz CT molecular complexity index is 1100. The predicted molar refractivity (Wildman–Crippen MR) is 113 cm³/mol. The van der Waals surface area contributed by atoms with E-state index in [1.165, 1.54) is 18.3 Å². The second-order valence-corrected chi connectivity index (χ2v) is 6.72. The number of nitrogens with one attached hydrogen (secondary N) is 1. The monoisotopic (exact) mass is 407 g/mol. The Hall–Kier alpha value is -3.94. The van der Waals surface area contributed by atoms with Gasteiger partial charge in [0.25, 0.3) is 11.6 Å². The number of carbonyl (C=O) groups is 1. The van der Waals surface area contributed by atoms with Crippen molar-refractivity contribution in [3.8, 4) is 17.1 Å². The standard InChI is InChI=1S/C22H21N3O5/c1-14-8-9-17(25(27)28)12-19(14)21-11-10-18(30-21)13-23-24-22(26)16(3)29-20-7-5-4-6-15(20)2/h4-13,16H,1-3H3,(H,24,26)/b23-13+. The summed E-state index contributed by atoms with van der Waals surface area (Å²) in [7, 11) is 0. The number of aryl methyl sites for hydroxylation is 2. The fraction of sp³-hybridized carbons (Fsp3) is 0.182. The van der Waals surface area contributed by atoms with Crippen molar-refractivity contribution < 1.29 is 18.9 Å². The third-order valence-electron chi connectivity index (χ3n) is 4.46. The SMILES string of the molecule is Cc1ccccc1OC(C)C(=O)N/N=C/c1ccc(-c2cc([N+](=O)[O-])ccc2C)o1. The zero-order valence-corrected chi connectivity index (χ0v) is 16.8. The highest BCUT2D eigenvalue weighted by molar-refractivity contribution is 5.83. The second-order valence-electron chi connectivity index (χ2n) is 6.72. The van der Waals surface area contributed by atoms with Crippen LogP contribution in [0.2, 0.25) is 0 Å². The van der Waals surface area contributed by atoms with Crippen LogP contribution in [0.5, 0.6) is 5.75 Å². The van der Waals surface area contributed by atoms with Crippen molar-refractivity contribution in [1.29, 1.82) is 0 Å². The van der Waals surface area contributed by atoms with Crippen LogP contribution < -0.4 is 10.2 Å². The number of hydrogen-bond donors (Lipinski definition) is 1. The Balaban J connectivity index is 1.63. The molecule has 1 N–H and O–H groups in total. The number of hydrogen-bond acceptors (Lipinski definition) is 6. The molecular formula is C22H21N3O5. The number of nitro groups is 1. The summed E-state index contributed by atoms with van der Waals surface area (Å²) in [5.74, 6) is 1.09. The van der Waals surface area contributed by atoms with Crippen molar-refractivity contribution in [3.05, 3.63) is 81.6 Å². The first-order valence-corrected chi connectivity index (χ1v) is 9.25. The van der Waals surface area contributed by atoms with Gasteiger partial charge in [0.05, 0.1) is 11.1 Å². The van der Waals surface area contributed by atoms with Gasteiger partial charge < -0.3 is 9.15 Å². The molecule has 2 aromatic carbocycles. The van der Waals surface area contributed by atoms with E-state index < -0.39 is 16.9 Å². The minimum atomic E-state index is -0.733. The molecule has 1 unspecified atom stereocenters. The van der Waals surface area contributed by atoms with Gasteiger partial charge in [-0.3, -0.25) is 14.9 Å². The topological polar surface area (TPSA) is 107 Å². The lowest BCUT2D eigenvalue weighted by Crippen LogP contribution is -2.33. The van der Waals surface area contributed by atoms with Crippen molar-refractivity contribution in [3.63, 3.8) is 0 Å². The van der Waals surface area contributed by atoms with Crippen LogP contribution in [0, 0.1) is 24.0 Å². The zero-order valence-electron chi connectivity index (χ0n) is 16.8. The number of furan rings is 1.